The number of hydrogen-bond acceptors (Lipinski definition) is 3. The predicted molar refractivity (Wildman–Crippen MR) is 101 cm³/mol. The first-order chi connectivity index (χ1) is 12.2. The summed E-state index contributed by atoms with van der Waals surface area (Å²) >= 11 is 0. The van der Waals surface area contributed by atoms with Crippen molar-refractivity contribution in [2.45, 2.75) is 32.5 Å². The van der Waals surface area contributed by atoms with Crippen LogP contribution in [-0.2, 0) is 24.3 Å². The number of nitrogens with two attached hydrogens (primary N) is 1. The number of carbonyl (C=O) groups is 1. The van der Waals surface area contributed by atoms with Gasteiger partial charge in [0.1, 0.15) is 5.71 Å². The van der Waals surface area contributed by atoms with Gasteiger partial charge in [0.05, 0.1) is 6.04 Å². The summed E-state index contributed by atoms with van der Waals surface area (Å²) in [7, 11) is 0. The highest BCUT2D eigenvalue weighted by Crippen LogP contribution is 2.19. The Morgan fingerprint density at radius 2 is 1.72 bits per heavy atom. The van der Waals surface area contributed by atoms with E-state index in [4.69, 9.17) is 5.73 Å². The lowest BCUT2D eigenvalue weighted by atomic mass is 10.0. The third-order valence-electron chi connectivity index (χ3n) is 4.40. The molecule has 1 atom stereocenters. The van der Waals surface area contributed by atoms with Crippen molar-refractivity contribution in [1.82, 2.24) is 5.32 Å². The molecule has 0 aromatic heterocycles. The monoisotopic (exact) mass is 333 g/mol. The van der Waals surface area contributed by atoms with E-state index in [1.807, 2.05) is 55.5 Å². The quantitative estimate of drug-likeness (QED) is 0.853. The third-order valence-corrected chi connectivity index (χ3v) is 4.40. The Morgan fingerprint density at radius 1 is 1.04 bits per heavy atom. The molecule has 0 radical (unpaired) electrons. The van der Waals surface area contributed by atoms with Crippen LogP contribution in [-0.4, -0.2) is 17.7 Å². The molecule has 2 aromatic rings. The van der Waals surface area contributed by atoms with Gasteiger partial charge >= 0.3 is 0 Å². The summed E-state index contributed by atoms with van der Waals surface area (Å²) in [5, 5.41) is 2.94. The summed E-state index contributed by atoms with van der Waals surface area (Å²) in [5.74, 6) is -0.127. The fourth-order valence-electron chi connectivity index (χ4n) is 2.85. The van der Waals surface area contributed by atoms with Crippen LogP contribution in [0.2, 0.25) is 0 Å². The minimum absolute atomic E-state index is 0.0481. The highest BCUT2D eigenvalue weighted by Gasteiger charge is 2.21. The minimum Gasteiger partial charge on any atom is -0.347 e. The first-order valence-corrected chi connectivity index (χ1v) is 8.51. The van der Waals surface area contributed by atoms with E-state index in [9.17, 15) is 4.79 Å². The van der Waals surface area contributed by atoms with Crippen molar-refractivity contribution in [2.75, 3.05) is 0 Å². The van der Waals surface area contributed by atoms with Crippen LogP contribution >= 0.6 is 0 Å². The molecule has 3 rings (SSSR count). The van der Waals surface area contributed by atoms with Crippen LogP contribution < -0.4 is 11.1 Å². The number of benzene rings is 2. The molecule has 0 saturated carbocycles. The average molecular weight is 333 g/mol. The molecule has 25 heavy (non-hydrogen) atoms. The number of carbonyl (C=O) groups excluding carboxylic acids is 1. The van der Waals surface area contributed by atoms with Gasteiger partial charge in [0.15, 0.2) is 0 Å². The smallest absolute Gasteiger partial charge is 0.269 e. The zero-order valence-electron chi connectivity index (χ0n) is 14.4. The van der Waals surface area contributed by atoms with E-state index in [1.54, 1.807) is 0 Å². The molecule has 4 nitrogen and oxygen atoms in total. The van der Waals surface area contributed by atoms with Gasteiger partial charge in [-0.2, -0.15) is 0 Å². The van der Waals surface area contributed by atoms with Crippen molar-refractivity contribution < 1.29 is 4.79 Å². The van der Waals surface area contributed by atoms with E-state index in [0.29, 0.717) is 18.8 Å². The highest BCUT2D eigenvalue weighted by atomic mass is 16.1. The summed E-state index contributed by atoms with van der Waals surface area (Å²) in [6.07, 6.45) is 2.71. The molecule has 2 aromatic carbocycles. The second-order valence-electron chi connectivity index (χ2n) is 6.31. The molecule has 128 valence electrons. The topological polar surface area (TPSA) is 67.5 Å². The maximum Gasteiger partial charge on any atom is 0.269 e. The van der Waals surface area contributed by atoms with Crippen LogP contribution in [0.3, 0.4) is 0 Å². The molecule has 0 aliphatic carbocycles. The van der Waals surface area contributed by atoms with E-state index >= 15 is 0 Å². The maximum absolute atomic E-state index is 12.4. The first-order valence-electron chi connectivity index (χ1n) is 8.51. The van der Waals surface area contributed by atoms with Crippen molar-refractivity contribution in [3.8, 4) is 0 Å². The lowest BCUT2D eigenvalue weighted by molar-refractivity contribution is -0.114. The Balaban J connectivity index is 1.59. The highest BCUT2D eigenvalue weighted by molar-refractivity contribution is 6.44. The van der Waals surface area contributed by atoms with Gasteiger partial charge in [-0.3, -0.25) is 9.79 Å². The molecule has 1 aliphatic rings. The number of hydrogen-bond donors (Lipinski definition) is 2. The molecule has 0 saturated heterocycles. The summed E-state index contributed by atoms with van der Waals surface area (Å²) < 4.78 is 0. The van der Waals surface area contributed by atoms with Gasteiger partial charge in [-0.05, 0) is 41.7 Å². The SMILES string of the molecule is CC1=CC(C(=O)NCc2ccc(CN)cc2)=NC1Cc1ccccc1. The molecule has 1 heterocycles. The molecule has 1 amide bonds. The predicted octanol–water partition coefficient (Wildman–Crippen LogP) is 2.77. The van der Waals surface area contributed by atoms with E-state index in [-0.39, 0.29) is 11.9 Å². The number of nitrogens with one attached hydrogen (secondary N) is 1. The van der Waals surface area contributed by atoms with Crippen molar-refractivity contribution in [3.05, 3.63) is 82.9 Å². The van der Waals surface area contributed by atoms with Crippen molar-refractivity contribution in [1.29, 1.82) is 0 Å². The maximum atomic E-state index is 12.4. The molecule has 1 unspecified atom stereocenters. The van der Waals surface area contributed by atoms with E-state index in [0.717, 1.165) is 23.1 Å². The van der Waals surface area contributed by atoms with Crippen molar-refractivity contribution in [3.63, 3.8) is 0 Å². The second-order valence-corrected chi connectivity index (χ2v) is 6.31. The summed E-state index contributed by atoms with van der Waals surface area (Å²) in [5.41, 5.74) is 10.6. The van der Waals surface area contributed by atoms with E-state index in [1.165, 1.54) is 5.56 Å². The number of rotatable bonds is 6. The van der Waals surface area contributed by atoms with Gasteiger partial charge in [-0.1, -0.05) is 54.6 Å². The average Bonchev–Trinajstić information content (AvgIpc) is 3.01. The Hall–Kier alpha value is -2.72. The Kier molecular flexibility index (Phi) is 5.41. The molecule has 4 heteroatoms. The fraction of sp³-hybridized carbons (Fsp3) is 0.238. The molecule has 0 bridgehead atoms. The van der Waals surface area contributed by atoms with Gasteiger partial charge < -0.3 is 11.1 Å². The van der Waals surface area contributed by atoms with Gasteiger partial charge in [-0.25, -0.2) is 0 Å². The van der Waals surface area contributed by atoms with E-state index in [2.05, 4.69) is 22.4 Å². The van der Waals surface area contributed by atoms with Crippen LogP contribution in [0.5, 0.6) is 0 Å². The Labute approximate surface area is 148 Å². The largest absolute Gasteiger partial charge is 0.347 e. The zero-order valence-corrected chi connectivity index (χ0v) is 14.4. The van der Waals surface area contributed by atoms with Crippen molar-refractivity contribution in [2.24, 2.45) is 10.7 Å². The number of amides is 1. The lowest BCUT2D eigenvalue weighted by Gasteiger charge is -2.09. The molecule has 1 aliphatic heterocycles. The fourth-order valence-corrected chi connectivity index (χ4v) is 2.85. The molecule has 0 fully saturated rings. The van der Waals surface area contributed by atoms with Crippen LogP contribution in [0, 0.1) is 0 Å². The Bertz CT molecular complexity index is 792. The first kappa shape index (κ1) is 17.1. The molecular weight excluding hydrogens is 310 g/mol. The molecule has 3 N–H and O–H groups in total. The van der Waals surface area contributed by atoms with E-state index < -0.39 is 0 Å². The normalized spacial score (nSPS) is 16.3. The second kappa shape index (κ2) is 7.90. The van der Waals surface area contributed by atoms with Gasteiger partial charge in [-0.15, -0.1) is 0 Å². The van der Waals surface area contributed by atoms with Gasteiger partial charge in [0.2, 0.25) is 0 Å². The molecular formula is C21H23N3O. The van der Waals surface area contributed by atoms with Crippen molar-refractivity contribution >= 4 is 11.6 Å². The third kappa shape index (κ3) is 4.43. The van der Waals surface area contributed by atoms with Crippen LogP contribution in [0.4, 0.5) is 0 Å². The number of nitrogens with zero attached hydrogens (tertiary/aromatic N) is 1. The number of aliphatic imine (C=N–C) groups is 1. The standard InChI is InChI=1S/C21H23N3O/c1-15-11-20(24-19(15)12-16-5-3-2-4-6-16)21(25)23-14-18-9-7-17(13-22)8-10-18/h2-11,19H,12-14,22H2,1H3,(H,23,25). The van der Waals surface area contributed by atoms with Gasteiger partial charge in [0, 0.05) is 13.1 Å². The molecule has 0 spiro atoms. The lowest BCUT2D eigenvalue weighted by Crippen LogP contribution is -2.29. The Morgan fingerprint density at radius 3 is 2.40 bits per heavy atom. The summed E-state index contributed by atoms with van der Waals surface area (Å²) in [6.45, 7) is 3.04. The minimum atomic E-state index is -0.127. The van der Waals surface area contributed by atoms with Gasteiger partial charge in [0.25, 0.3) is 5.91 Å². The zero-order chi connectivity index (χ0) is 17.6. The van der Waals surface area contributed by atoms with Crippen LogP contribution in [0.1, 0.15) is 23.6 Å². The summed E-state index contributed by atoms with van der Waals surface area (Å²) in [4.78, 5) is 17.0. The van der Waals surface area contributed by atoms with Crippen LogP contribution in [0.25, 0.3) is 0 Å². The van der Waals surface area contributed by atoms with Crippen LogP contribution in [0.15, 0.2) is 71.2 Å². The summed E-state index contributed by atoms with van der Waals surface area (Å²) in [6, 6.07) is 18.2.